The van der Waals surface area contributed by atoms with Gasteiger partial charge in [0.25, 0.3) is 0 Å². The molecule has 49 heavy (non-hydrogen) atoms. The molecule has 10 aromatic rings. The Bertz CT molecular complexity index is 2890. The smallest absolute Gasteiger partial charge is 0.165 e. The number of nitrogens with zero attached hydrogens (tertiary/aromatic N) is 3. The van der Waals surface area contributed by atoms with E-state index in [-0.39, 0.29) is 0 Å². The van der Waals surface area contributed by atoms with Crippen molar-refractivity contribution in [2.45, 2.75) is 0 Å². The standard InChI is InChI=1S/C45H27N3S/c1-2-11-28(12-3-1)33-15-6-7-17-38(33)44-46-43(47-45(48-44)39-19-10-18-37-36-16-8-9-20-41(36)49-42(37)39)31-22-21-30-24-25-34-32-14-5-4-13-29(32)23-26-35(34)40(30)27-31/h1-27H. The second-order valence-corrected chi connectivity index (χ2v) is 13.4. The Hall–Kier alpha value is -6.23. The number of rotatable bonds is 4. The molecule has 2 aromatic heterocycles. The molecule has 0 saturated carbocycles. The molecule has 3 nitrogen and oxygen atoms in total. The summed E-state index contributed by atoms with van der Waals surface area (Å²) in [5.74, 6) is 1.98. The van der Waals surface area contributed by atoms with Crippen molar-refractivity contribution in [2.75, 3.05) is 0 Å². The predicted octanol–water partition coefficient (Wildman–Crippen LogP) is 12.4. The molecule has 0 aliphatic rings. The molecule has 0 saturated heterocycles. The van der Waals surface area contributed by atoms with E-state index in [1.54, 1.807) is 11.3 Å². The van der Waals surface area contributed by atoms with Crippen LogP contribution in [-0.2, 0) is 0 Å². The molecule has 0 aliphatic carbocycles. The molecular formula is C45H27N3S. The van der Waals surface area contributed by atoms with Crippen LogP contribution in [0.3, 0.4) is 0 Å². The van der Waals surface area contributed by atoms with E-state index in [1.165, 1.54) is 52.5 Å². The molecule has 0 aliphatic heterocycles. The highest BCUT2D eigenvalue weighted by atomic mass is 32.1. The Balaban J connectivity index is 1.24. The third kappa shape index (κ3) is 4.61. The number of thiophene rings is 1. The van der Waals surface area contributed by atoms with Gasteiger partial charge in [0.05, 0.1) is 0 Å². The zero-order valence-corrected chi connectivity index (χ0v) is 27.2. The summed E-state index contributed by atoms with van der Waals surface area (Å²) in [5, 5.41) is 9.80. The first kappa shape index (κ1) is 27.8. The minimum absolute atomic E-state index is 0.653. The minimum Gasteiger partial charge on any atom is -0.208 e. The van der Waals surface area contributed by atoms with E-state index in [0.717, 1.165) is 27.8 Å². The summed E-state index contributed by atoms with van der Waals surface area (Å²) in [5.41, 5.74) is 5.15. The lowest BCUT2D eigenvalue weighted by Crippen LogP contribution is -2.01. The molecule has 0 spiro atoms. The van der Waals surface area contributed by atoms with Crippen molar-refractivity contribution in [1.29, 1.82) is 0 Å². The zero-order valence-electron chi connectivity index (χ0n) is 26.3. The average molecular weight is 642 g/mol. The molecular weight excluding hydrogens is 615 g/mol. The van der Waals surface area contributed by atoms with Crippen LogP contribution in [0.1, 0.15) is 0 Å². The van der Waals surface area contributed by atoms with Crippen molar-refractivity contribution in [3.63, 3.8) is 0 Å². The van der Waals surface area contributed by atoms with Crippen LogP contribution in [0.5, 0.6) is 0 Å². The fraction of sp³-hybridized carbons (Fsp3) is 0. The van der Waals surface area contributed by atoms with Crippen LogP contribution < -0.4 is 0 Å². The largest absolute Gasteiger partial charge is 0.208 e. The highest BCUT2D eigenvalue weighted by Crippen LogP contribution is 2.41. The quantitative estimate of drug-likeness (QED) is 0.180. The van der Waals surface area contributed by atoms with Crippen molar-refractivity contribution in [3.05, 3.63) is 164 Å². The summed E-state index contributed by atoms with van der Waals surface area (Å²) >= 11 is 1.79. The Morgan fingerprint density at radius 3 is 1.78 bits per heavy atom. The molecule has 0 radical (unpaired) electrons. The summed E-state index contributed by atoms with van der Waals surface area (Å²) in [4.78, 5) is 15.7. The van der Waals surface area contributed by atoms with Crippen LogP contribution in [0, 0.1) is 0 Å². The molecule has 10 rings (SSSR count). The van der Waals surface area contributed by atoms with Gasteiger partial charge >= 0.3 is 0 Å². The van der Waals surface area contributed by atoms with E-state index in [0.29, 0.717) is 17.5 Å². The molecule has 0 N–H and O–H groups in total. The minimum atomic E-state index is 0.653. The van der Waals surface area contributed by atoms with Crippen LogP contribution in [0.25, 0.3) is 97.8 Å². The highest BCUT2D eigenvalue weighted by molar-refractivity contribution is 7.26. The molecule has 8 aromatic carbocycles. The van der Waals surface area contributed by atoms with Gasteiger partial charge in [0, 0.05) is 36.9 Å². The van der Waals surface area contributed by atoms with Crippen LogP contribution in [0.2, 0.25) is 0 Å². The van der Waals surface area contributed by atoms with Gasteiger partial charge in [-0.15, -0.1) is 11.3 Å². The van der Waals surface area contributed by atoms with Crippen molar-refractivity contribution in [2.24, 2.45) is 0 Å². The first-order valence-electron chi connectivity index (χ1n) is 16.4. The first-order valence-corrected chi connectivity index (χ1v) is 17.3. The maximum atomic E-state index is 5.24. The van der Waals surface area contributed by atoms with Gasteiger partial charge in [-0.3, -0.25) is 0 Å². The molecule has 0 bridgehead atoms. The van der Waals surface area contributed by atoms with Gasteiger partial charge in [0.15, 0.2) is 17.5 Å². The summed E-state index contributed by atoms with van der Waals surface area (Å²) in [6.45, 7) is 0. The average Bonchev–Trinajstić information content (AvgIpc) is 3.56. The molecule has 2 heterocycles. The van der Waals surface area contributed by atoms with E-state index >= 15 is 0 Å². The van der Waals surface area contributed by atoms with Crippen LogP contribution in [0.15, 0.2) is 164 Å². The maximum Gasteiger partial charge on any atom is 0.165 e. The monoisotopic (exact) mass is 641 g/mol. The van der Waals surface area contributed by atoms with Crippen LogP contribution in [0.4, 0.5) is 0 Å². The van der Waals surface area contributed by atoms with Crippen molar-refractivity contribution in [3.8, 4) is 45.3 Å². The lowest BCUT2D eigenvalue weighted by Gasteiger charge is -2.13. The molecule has 0 amide bonds. The Morgan fingerprint density at radius 1 is 0.327 bits per heavy atom. The van der Waals surface area contributed by atoms with Crippen molar-refractivity contribution >= 4 is 63.8 Å². The SMILES string of the molecule is c1ccc(-c2ccccc2-c2nc(-c3ccc4ccc5c6ccccc6ccc5c4c3)nc(-c3cccc4c3sc3ccccc34)n2)cc1. The molecule has 4 heteroatoms. The summed E-state index contributed by atoms with van der Waals surface area (Å²) in [6, 6.07) is 58.0. The Labute approximate surface area is 286 Å². The van der Waals surface area contributed by atoms with Crippen molar-refractivity contribution in [1.82, 2.24) is 15.0 Å². The van der Waals surface area contributed by atoms with E-state index < -0.39 is 0 Å². The lowest BCUT2D eigenvalue weighted by molar-refractivity contribution is 1.08. The van der Waals surface area contributed by atoms with Gasteiger partial charge in [0.2, 0.25) is 0 Å². The number of fused-ring (bicyclic) bond motifs is 8. The van der Waals surface area contributed by atoms with Gasteiger partial charge in [-0.1, -0.05) is 146 Å². The van der Waals surface area contributed by atoms with E-state index in [4.69, 9.17) is 15.0 Å². The fourth-order valence-corrected chi connectivity index (χ4v) is 8.39. The number of benzene rings is 8. The summed E-state index contributed by atoms with van der Waals surface area (Å²) < 4.78 is 2.43. The van der Waals surface area contributed by atoms with Gasteiger partial charge in [-0.05, 0) is 61.6 Å². The molecule has 0 unspecified atom stereocenters. The normalized spacial score (nSPS) is 11.7. The van der Waals surface area contributed by atoms with Gasteiger partial charge < -0.3 is 0 Å². The third-order valence-corrected chi connectivity index (χ3v) is 10.8. The number of hydrogen-bond acceptors (Lipinski definition) is 4. The van der Waals surface area contributed by atoms with Gasteiger partial charge in [-0.2, -0.15) is 0 Å². The van der Waals surface area contributed by atoms with Crippen LogP contribution in [-0.4, -0.2) is 15.0 Å². The molecule has 0 fully saturated rings. The van der Waals surface area contributed by atoms with E-state index in [9.17, 15) is 0 Å². The number of hydrogen-bond donors (Lipinski definition) is 0. The summed E-state index contributed by atoms with van der Waals surface area (Å²) in [7, 11) is 0. The summed E-state index contributed by atoms with van der Waals surface area (Å²) in [6.07, 6.45) is 0. The third-order valence-electron chi connectivity index (χ3n) is 9.54. The Morgan fingerprint density at radius 2 is 0.918 bits per heavy atom. The fourth-order valence-electron chi connectivity index (χ4n) is 7.17. The highest BCUT2D eigenvalue weighted by Gasteiger charge is 2.19. The van der Waals surface area contributed by atoms with Crippen LogP contribution >= 0.6 is 11.3 Å². The first-order chi connectivity index (χ1) is 24.3. The Kier molecular flexibility index (Phi) is 6.36. The van der Waals surface area contributed by atoms with E-state index in [1.807, 2.05) is 6.07 Å². The topological polar surface area (TPSA) is 38.7 Å². The number of aromatic nitrogens is 3. The van der Waals surface area contributed by atoms with Crippen molar-refractivity contribution < 1.29 is 0 Å². The van der Waals surface area contributed by atoms with Gasteiger partial charge in [-0.25, -0.2) is 15.0 Å². The lowest BCUT2D eigenvalue weighted by atomic mass is 9.96. The maximum absolute atomic E-state index is 5.24. The predicted molar refractivity (Wildman–Crippen MR) is 207 cm³/mol. The molecule has 228 valence electrons. The second kappa shape index (κ2) is 11.2. The zero-order chi connectivity index (χ0) is 32.3. The second-order valence-electron chi connectivity index (χ2n) is 12.4. The van der Waals surface area contributed by atoms with Gasteiger partial charge in [0.1, 0.15) is 0 Å². The molecule has 0 atom stereocenters. The van der Waals surface area contributed by atoms with E-state index in [2.05, 4.69) is 158 Å².